The molecule has 6 nitrogen and oxygen atoms in total. The van der Waals surface area contributed by atoms with Gasteiger partial charge in [-0.25, -0.2) is 9.18 Å². The van der Waals surface area contributed by atoms with E-state index in [1.165, 1.54) is 28.4 Å². The number of fused-ring (bicyclic) bond motifs is 1. The summed E-state index contributed by atoms with van der Waals surface area (Å²) >= 11 is 1.50. The summed E-state index contributed by atoms with van der Waals surface area (Å²) in [5.41, 5.74) is 2.78. The van der Waals surface area contributed by atoms with E-state index in [1.807, 2.05) is 11.4 Å². The molecule has 8 heteroatoms. The van der Waals surface area contributed by atoms with Gasteiger partial charge >= 0.3 is 6.09 Å². The van der Waals surface area contributed by atoms with Gasteiger partial charge in [-0.15, -0.1) is 11.3 Å². The summed E-state index contributed by atoms with van der Waals surface area (Å²) in [6.45, 7) is 2.07. The molecule has 4 rings (SSSR count). The van der Waals surface area contributed by atoms with Gasteiger partial charge in [-0.2, -0.15) is 0 Å². The average molecular weight is 418 g/mol. The number of aliphatic hydroxyl groups is 1. The normalized spacial score (nSPS) is 21.7. The zero-order chi connectivity index (χ0) is 20.5. The Kier molecular flexibility index (Phi) is 5.47. The molecule has 1 aromatic heterocycles. The van der Waals surface area contributed by atoms with Crippen molar-refractivity contribution in [3.8, 4) is 5.75 Å². The first kappa shape index (κ1) is 19.7. The number of ether oxygens (including phenoxy) is 1. The molecule has 2 heterocycles. The first-order chi connectivity index (χ1) is 13.9. The number of allylic oxidation sites excluding steroid dienone is 1. The molecule has 0 spiro atoms. The Morgan fingerprint density at radius 1 is 1.28 bits per heavy atom. The maximum Gasteiger partial charge on any atom is 0.411 e. The molecule has 3 N–H and O–H groups in total. The number of aliphatic hydroxyl groups excluding tert-OH is 1. The van der Waals surface area contributed by atoms with Crippen molar-refractivity contribution in [1.29, 1.82) is 0 Å². The molecular weight excluding hydrogens is 395 g/mol. The van der Waals surface area contributed by atoms with Gasteiger partial charge in [-0.1, -0.05) is 0 Å². The van der Waals surface area contributed by atoms with Crippen LogP contribution in [0.1, 0.15) is 43.0 Å². The molecule has 0 bridgehead atoms. The molecule has 1 aliphatic carbocycles. The molecule has 0 atom stereocenters. The summed E-state index contributed by atoms with van der Waals surface area (Å²) in [4.78, 5) is 13.9. The van der Waals surface area contributed by atoms with Crippen molar-refractivity contribution < 1.29 is 24.1 Å². The largest absolute Gasteiger partial charge is 0.488 e. The van der Waals surface area contributed by atoms with Crippen molar-refractivity contribution in [3.63, 3.8) is 0 Å². The van der Waals surface area contributed by atoms with E-state index in [0.29, 0.717) is 55.1 Å². The van der Waals surface area contributed by atoms with E-state index in [1.54, 1.807) is 13.0 Å². The van der Waals surface area contributed by atoms with E-state index in [4.69, 9.17) is 4.74 Å². The maximum absolute atomic E-state index is 13.9. The van der Waals surface area contributed by atoms with Gasteiger partial charge < -0.3 is 20.3 Å². The standard InChI is InChI=1S/C21H23FN2O4S/c1-12-20(16-8-9-29-19(16)11-24(12)21(26)27)23-17-7-2-13(22)10-18(17)28-15-5-3-14(25)4-6-15/h2,7-10,14-15,23,25H,3-6,11H2,1H3,(H,26,27). The van der Waals surface area contributed by atoms with Crippen LogP contribution in [-0.2, 0) is 6.54 Å². The molecule has 0 unspecified atom stereocenters. The minimum atomic E-state index is -1.02. The van der Waals surface area contributed by atoms with Crippen LogP contribution in [-0.4, -0.2) is 33.4 Å². The first-order valence-electron chi connectivity index (χ1n) is 9.61. The number of amides is 1. The van der Waals surface area contributed by atoms with Crippen LogP contribution in [0.5, 0.6) is 5.75 Å². The molecule has 1 aromatic carbocycles. The van der Waals surface area contributed by atoms with E-state index in [0.717, 1.165) is 10.4 Å². The number of anilines is 1. The minimum Gasteiger partial charge on any atom is -0.488 e. The fourth-order valence-electron chi connectivity index (χ4n) is 3.82. The third kappa shape index (κ3) is 4.09. The van der Waals surface area contributed by atoms with Crippen molar-refractivity contribution in [2.75, 3.05) is 5.32 Å². The van der Waals surface area contributed by atoms with Gasteiger partial charge in [0.05, 0.1) is 30.1 Å². The third-order valence-electron chi connectivity index (χ3n) is 5.45. The molecule has 29 heavy (non-hydrogen) atoms. The zero-order valence-corrected chi connectivity index (χ0v) is 16.8. The van der Waals surface area contributed by atoms with Crippen LogP contribution < -0.4 is 10.1 Å². The predicted octanol–water partition coefficient (Wildman–Crippen LogP) is 4.86. The summed E-state index contributed by atoms with van der Waals surface area (Å²) in [6, 6.07) is 6.25. The topological polar surface area (TPSA) is 82.0 Å². The number of rotatable bonds is 4. The van der Waals surface area contributed by atoms with Crippen molar-refractivity contribution in [2.45, 2.75) is 51.4 Å². The number of benzene rings is 1. The number of carbonyl (C=O) groups is 1. The van der Waals surface area contributed by atoms with E-state index >= 15 is 0 Å². The summed E-state index contributed by atoms with van der Waals surface area (Å²) in [7, 11) is 0. The number of hydrogen-bond acceptors (Lipinski definition) is 5. The maximum atomic E-state index is 13.9. The Balaban J connectivity index is 1.65. The van der Waals surface area contributed by atoms with Crippen molar-refractivity contribution in [3.05, 3.63) is 51.6 Å². The second-order valence-corrected chi connectivity index (χ2v) is 8.40. The highest BCUT2D eigenvalue weighted by atomic mass is 32.1. The molecule has 2 aliphatic rings. The summed E-state index contributed by atoms with van der Waals surface area (Å²) < 4.78 is 20.0. The van der Waals surface area contributed by atoms with Gasteiger partial charge in [0.25, 0.3) is 0 Å². The number of nitrogens with zero attached hydrogens (tertiary/aromatic N) is 1. The fourth-order valence-corrected chi connectivity index (χ4v) is 4.69. The zero-order valence-electron chi connectivity index (χ0n) is 16.0. The lowest BCUT2D eigenvalue weighted by Crippen LogP contribution is -2.31. The molecule has 0 radical (unpaired) electrons. The summed E-state index contributed by atoms with van der Waals surface area (Å²) in [5.74, 6) is -0.0185. The van der Waals surface area contributed by atoms with Gasteiger partial charge in [0.2, 0.25) is 0 Å². The number of nitrogens with one attached hydrogen (secondary N) is 1. The van der Waals surface area contributed by atoms with Crippen LogP contribution in [0.4, 0.5) is 14.9 Å². The van der Waals surface area contributed by atoms with Gasteiger partial charge in [-0.05, 0) is 56.2 Å². The smallest absolute Gasteiger partial charge is 0.411 e. The Bertz CT molecular complexity index is 950. The number of thiophene rings is 1. The molecule has 2 aromatic rings. The Morgan fingerprint density at radius 3 is 2.76 bits per heavy atom. The second-order valence-electron chi connectivity index (χ2n) is 7.40. The van der Waals surface area contributed by atoms with Crippen molar-refractivity contribution in [1.82, 2.24) is 4.90 Å². The van der Waals surface area contributed by atoms with Crippen LogP contribution in [0.15, 0.2) is 35.3 Å². The predicted molar refractivity (Wildman–Crippen MR) is 109 cm³/mol. The monoisotopic (exact) mass is 418 g/mol. The fraction of sp³-hybridized carbons (Fsp3) is 0.381. The summed E-state index contributed by atoms with van der Waals surface area (Å²) in [5, 5.41) is 24.5. The van der Waals surface area contributed by atoms with E-state index in [-0.39, 0.29) is 12.2 Å². The third-order valence-corrected chi connectivity index (χ3v) is 6.36. The lowest BCUT2D eigenvalue weighted by Gasteiger charge is -2.30. The number of carboxylic acid groups (broad SMARTS) is 1. The molecule has 1 fully saturated rings. The van der Waals surface area contributed by atoms with Crippen LogP contribution in [0.3, 0.4) is 0 Å². The summed E-state index contributed by atoms with van der Waals surface area (Å²) in [6.07, 6.45) is 1.35. The average Bonchev–Trinajstić information content (AvgIpc) is 3.15. The lowest BCUT2D eigenvalue weighted by atomic mass is 9.95. The Morgan fingerprint density at radius 2 is 2.03 bits per heavy atom. The molecule has 1 saturated carbocycles. The molecule has 1 aliphatic heterocycles. The van der Waals surface area contributed by atoms with Crippen molar-refractivity contribution in [2.24, 2.45) is 0 Å². The van der Waals surface area contributed by atoms with Crippen LogP contribution >= 0.6 is 11.3 Å². The van der Waals surface area contributed by atoms with Gasteiger partial charge in [0.1, 0.15) is 11.6 Å². The van der Waals surface area contributed by atoms with E-state index in [2.05, 4.69) is 5.32 Å². The highest BCUT2D eigenvalue weighted by Crippen LogP contribution is 2.38. The highest BCUT2D eigenvalue weighted by molar-refractivity contribution is 7.10. The molecule has 0 saturated heterocycles. The Labute approximate surface area is 172 Å². The van der Waals surface area contributed by atoms with Gasteiger partial charge in [0, 0.05) is 22.2 Å². The molecule has 1 amide bonds. The van der Waals surface area contributed by atoms with Crippen molar-refractivity contribution >= 4 is 28.8 Å². The SMILES string of the molecule is CC1=C(Nc2ccc(F)cc2OC2CCC(O)CC2)c2ccsc2CN1C(=O)O. The van der Waals surface area contributed by atoms with Crippen LogP contribution in [0.25, 0.3) is 5.70 Å². The van der Waals surface area contributed by atoms with Crippen LogP contribution in [0.2, 0.25) is 0 Å². The molecule has 154 valence electrons. The number of hydrogen-bond donors (Lipinski definition) is 3. The van der Waals surface area contributed by atoms with E-state index < -0.39 is 11.9 Å². The second kappa shape index (κ2) is 8.04. The van der Waals surface area contributed by atoms with E-state index in [9.17, 15) is 19.4 Å². The highest BCUT2D eigenvalue weighted by Gasteiger charge is 2.28. The Hall–Kier alpha value is -2.58. The molecular formula is C21H23FN2O4S. The van der Waals surface area contributed by atoms with Gasteiger partial charge in [-0.3, -0.25) is 4.90 Å². The minimum absolute atomic E-state index is 0.0885. The lowest BCUT2D eigenvalue weighted by molar-refractivity contribution is 0.0668. The quantitative estimate of drug-likeness (QED) is 0.660. The number of halogens is 1. The van der Waals surface area contributed by atoms with Crippen LogP contribution in [0, 0.1) is 5.82 Å². The van der Waals surface area contributed by atoms with Gasteiger partial charge in [0.15, 0.2) is 0 Å². The first-order valence-corrected chi connectivity index (χ1v) is 10.5.